The van der Waals surface area contributed by atoms with Crippen molar-refractivity contribution < 1.29 is 13.2 Å². The molecule has 2 aromatic rings. The second-order valence-electron chi connectivity index (χ2n) is 6.98. The lowest BCUT2D eigenvalue weighted by Gasteiger charge is -2.25. The number of hydrogen-bond acceptors (Lipinski definition) is 3. The Morgan fingerprint density at radius 2 is 1.93 bits per heavy atom. The number of fused-ring (bicyclic) bond motifs is 1. The Balaban J connectivity index is 1.72. The molecule has 0 N–H and O–H groups in total. The highest BCUT2D eigenvalue weighted by Gasteiger charge is 2.30. The molecule has 1 aliphatic rings. The lowest BCUT2D eigenvalue weighted by Crippen LogP contribution is -2.37. The van der Waals surface area contributed by atoms with Gasteiger partial charge in [-0.15, -0.1) is 0 Å². The van der Waals surface area contributed by atoms with Crippen molar-refractivity contribution in [3.05, 3.63) is 58.1 Å². The molecule has 0 saturated carbocycles. The highest BCUT2D eigenvalue weighted by atomic mass is 35.5. The molecule has 1 unspecified atom stereocenters. The fourth-order valence-corrected chi connectivity index (χ4v) is 4.99. The quantitative estimate of drug-likeness (QED) is 0.663. The average molecular weight is 441 g/mol. The van der Waals surface area contributed by atoms with E-state index in [1.54, 1.807) is 12.1 Å². The van der Waals surface area contributed by atoms with Crippen LogP contribution in [0.15, 0.2) is 42.5 Å². The van der Waals surface area contributed by atoms with Gasteiger partial charge in [0.05, 0.1) is 17.0 Å². The topological polar surface area (TPSA) is 57.7 Å². The van der Waals surface area contributed by atoms with Crippen LogP contribution in [0.5, 0.6) is 0 Å². The van der Waals surface area contributed by atoms with Crippen LogP contribution in [0.3, 0.4) is 0 Å². The Labute approximate surface area is 175 Å². The van der Waals surface area contributed by atoms with E-state index in [0.29, 0.717) is 22.2 Å². The molecule has 0 bridgehead atoms. The number of sulfonamides is 1. The van der Waals surface area contributed by atoms with Gasteiger partial charge in [-0.3, -0.25) is 9.10 Å². The third kappa shape index (κ3) is 4.45. The summed E-state index contributed by atoms with van der Waals surface area (Å²) in [6.45, 7) is 2.17. The van der Waals surface area contributed by atoms with Crippen LogP contribution >= 0.6 is 23.2 Å². The minimum Gasteiger partial charge on any atom is -0.309 e. The predicted molar refractivity (Wildman–Crippen MR) is 115 cm³/mol. The van der Waals surface area contributed by atoms with Crippen LogP contribution < -0.4 is 9.21 Å². The van der Waals surface area contributed by atoms with Crippen molar-refractivity contribution >= 4 is 50.5 Å². The Morgan fingerprint density at radius 1 is 1.21 bits per heavy atom. The molecule has 0 aromatic heterocycles. The summed E-state index contributed by atoms with van der Waals surface area (Å²) in [4.78, 5) is 14.6. The number of anilines is 2. The van der Waals surface area contributed by atoms with Crippen molar-refractivity contribution in [3.8, 4) is 0 Å². The molecule has 3 rings (SSSR count). The minimum absolute atomic E-state index is 0.0110. The standard InChI is InChI=1S/C20H22Cl2N2O3S/c1-14-12-15-6-3-4-7-18(15)24(14)20(25)8-5-11-23(28(2,26)27)19-13-16(21)9-10-17(19)22/h3-4,6-7,9-10,13-14H,5,8,11-12H2,1-2H3. The first-order valence-corrected chi connectivity index (χ1v) is 11.6. The van der Waals surface area contributed by atoms with E-state index in [2.05, 4.69) is 0 Å². The van der Waals surface area contributed by atoms with Gasteiger partial charge in [0, 0.05) is 29.7 Å². The van der Waals surface area contributed by atoms with E-state index in [4.69, 9.17) is 23.2 Å². The average Bonchev–Trinajstić information content (AvgIpc) is 2.95. The highest BCUT2D eigenvalue weighted by Crippen LogP contribution is 2.33. The van der Waals surface area contributed by atoms with E-state index < -0.39 is 10.0 Å². The van der Waals surface area contributed by atoms with Crippen molar-refractivity contribution in [2.45, 2.75) is 32.2 Å². The van der Waals surface area contributed by atoms with E-state index in [1.165, 1.54) is 10.4 Å². The van der Waals surface area contributed by atoms with Gasteiger partial charge >= 0.3 is 0 Å². The first-order valence-electron chi connectivity index (χ1n) is 9.01. The lowest BCUT2D eigenvalue weighted by molar-refractivity contribution is -0.118. The van der Waals surface area contributed by atoms with Crippen LogP contribution in [0.4, 0.5) is 11.4 Å². The van der Waals surface area contributed by atoms with Gasteiger partial charge in [-0.1, -0.05) is 41.4 Å². The second kappa shape index (κ2) is 8.31. The van der Waals surface area contributed by atoms with E-state index >= 15 is 0 Å². The van der Waals surface area contributed by atoms with E-state index in [0.717, 1.165) is 23.9 Å². The number of hydrogen-bond donors (Lipinski definition) is 0. The molecule has 0 fully saturated rings. The molecule has 1 aliphatic heterocycles. The Bertz CT molecular complexity index is 995. The third-order valence-electron chi connectivity index (χ3n) is 4.80. The number of carbonyl (C=O) groups excluding carboxylic acids is 1. The lowest BCUT2D eigenvalue weighted by atomic mass is 10.1. The fraction of sp³-hybridized carbons (Fsp3) is 0.350. The molecule has 0 saturated heterocycles. The number of carbonyl (C=O) groups is 1. The van der Waals surface area contributed by atoms with E-state index in [-0.39, 0.29) is 24.9 Å². The van der Waals surface area contributed by atoms with Crippen molar-refractivity contribution in [2.24, 2.45) is 0 Å². The summed E-state index contributed by atoms with van der Waals surface area (Å²) in [6.07, 6.45) is 2.56. The van der Waals surface area contributed by atoms with Crippen molar-refractivity contribution in [1.29, 1.82) is 0 Å². The number of para-hydroxylation sites is 1. The number of halogens is 2. The molecule has 1 atom stereocenters. The van der Waals surface area contributed by atoms with Gasteiger partial charge < -0.3 is 4.90 Å². The normalized spacial score (nSPS) is 16.1. The molecule has 8 heteroatoms. The molecule has 2 aromatic carbocycles. The maximum Gasteiger partial charge on any atom is 0.232 e. The Morgan fingerprint density at radius 3 is 2.64 bits per heavy atom. The van der Waals surface area contributed by atoms with Crippen LogP contribution in [0.1, 0.15) is 25.3 Å². The third-order valence-corrected chi connectivity index (χ3v) is 6.54. The Kier molecular flexibility index (Phi) is 6.22. The summed E-state index contributed by atoms with van der Waals surface area (Å²) in [5, 5.41) is 0.690. The zero-order valence-electron chi connectivity index (χ0n) is 15.7. The minimum atomic E-state index is -3.57. The monoisotopic (exact) mass is 440 g/mol. The van der Waals surface area contributed by atoms with Crippen LogP contribution in [-0.2, 0) is 21.2 Å². The molecule has 1 heterocycles. The zero-order valence-corrected chi connectivity index (χ0v) is 18.1. The van der Waals surface area contributed by atoms with Crippen LogP contribution in [0, 0.1) is 0 Å². The first-order chi connectivity index (χ1) is 13.2. The molecular formula is C20H22Cl2N2O3S. The van der Waals surface area contributed by atoms with Gasteiger partial charge in [0.25, 0.3) is 0 Å². The van der Waals surface area contributed by atoms with Crippen molar-refractivity contribution in [1.82, 2.24) is 0 Å². The smallest absolute Gasteiger partial charge is 0.232 e. The Hall–Kier alpha value is -1.76. The second-order valence-corrected chi connectivity index (χ2v) is 9.73. The zero-order chi connectivity index (χ0) is 20.5. The van der Waals surface area contributed by atoms with Gasteiger partial charge in [0.15, 0.2) is 0 Å². The van der Waals surface area contributed by atoms with Gasteiger partial charge in [0.1, 0.15) is 0 Å². The van der Waals surface area contributed by atoms with E-state index in [9.17, 15) is 13.2 Å². The summed E-state index contributed by atoms with van der Waals surface area (Å²) in [7, 11) is -3.57. The van der Waals surface area contributed by atoms with Crippen molar-refractivity contribution in [2.75, 3.05) is 22.0 Å². The van der Waals surface area contributed by atoms with Crippen LogP contribution in [-0.4, -0.2) is 33.2 Å². The number of benzene rings is 2. The summed E-state index contributed by atoms with van der Waals surface area (Å²) in [5.41, 5.74) is 2.42. The number of amides is 1. The first kappa shape index (κ1) is 21.0. The molecule has 0 radical (unpaired) electrons. The number of rotatable bonds is 6. The fourth-order valence-electron chi connectivity index (χ4n) is 3.58. The molecule has 28 heavy (non-hydrogen) atoms. The van der Waals surface area contributed by atoms with E-state index in [1.807, 2.05) is 36.1 Å². The van der Waals surface area contributed by atoms with Crippen LogP contribution in [0.2, 0.25) is 10.0 Å². The molecule has 5 nitrogen and oxygen atoms in total. The molecule has 150 valence electrons. The molecular weight excluding hydrogens is 419 g/mol. The summed E-state index contributed by atoms with van der Waals surface area (Å²) < 4.78 is 25.7. The SMILES string of the molecule is CC1Cc2ccccc2N1C(=O)CCCN(c1cc(Cl)ccc1Cl)S(C)(=O)=O. The maximum atomic E-state index is 12.8. The number of nitrogens with zero attached hydrogens (tertiary/aromatic N) is 2. The molecule has 0 aliphatic carbocycles. The maximum absolute atomic E-state index is 12.8. The van der Waals surface area contributed by atoms with Gasteiger partial charge in [0.2, 0.25) is 15.9 Å². The van der Waals surface area contributed by atoms with Gasteiger partial charge in [-0.25, -0.2) is 8.42 Å². The van der Waals surface area contributed by atoms with Crippen molar-refractivity contribution in [3.63, 3.8) is 0 Å². The predicted octanol–water partition coefficient (Wildman–Crippen LogP) is 4.52. The highest BCUT2D eigenvalue weighted by molar-refractivity contribution is 7.92. The largest absolute Gasteiger partial charge is 0.309 e. The summed E-state index contributed by atoms with van der Waals surface area (Å²) in [5.74, 6) is -0.0110. The van der Waals surface area contributed by atoms with Gasteiger partial charge in [-0.05, 0) is 49.6 Å². The molecule has 1 amide bonds. The molecule has 0 spiro atoms. The van der Waals surface area contributed by atoms with Crippen LogP contribution in [0.25, 0.3) is 0 Å². The van der Waals surface area contributed by atoms with Gasteiger partial charge in [-0.2, -0.15) is 0 Å². The summed E-state index contributed by atoms with van der Waals surface area (Å²) in [6, 6.07) is 12.7. The summed E-state index contributed by atoms with van der Waals surface area (Å²) >= 11 is 12.2.